The average Bonchev–Trinajstić information content (AvgIpc) is 2.48. The van der Waals surface area contributed by atoms with Gasteiger partial charge in [0.15, 0.2) is 0 Å². The zero-order valence-corrected chi connectivity index (χ0v) is 9.33. The summed E-state index contributed by atoms with van der Waals surface area (Å²) in [7, 11) is 0. The molecule has 0 aliphatic carbocycles. The molecule has 2 heterocycles. The molecule has 2 N–H and O–H groups in total. The van der Waals surface area contributed by atoms with Gasteiger partial charge in [-0.2, -0.15) is 0 Å². The SMILES string of the molecule is CCC1(N)CN(CC2CCC(C)O2)C1. The first-order chi connectivity index (χ1) is 6.61. The number of nitrogens with two attached hydrogens (primary N) is 1. The van der Waals surface area contributed by atoms with Crippen LogP contribution in [0.1, 0.15) is 33.1 Å². The third-order valence-electron chi connectivity index (χ3n) is 3.56. The summed E-state index contributed by atoms with van der Waals surface area (Å²) < 4.78 is 5.79. The molecule has 2 fully saturated rings. The molecule has 2 rings (SSSR count). The number of ether oxygens (including phenoxy) is 1. The van der Waals surface area contributed by atoms with Crippen molar-refractivity contribution in [3.63, 3.8) is 0 Å². The van der Waals surface area contributed by atoms with Crippen molar-refractivity contribution in [1.82, 2.24) is 4.90 Å². The Balaban J connectivity index is 1.69. The van der Waals surface area contributed by atoms with Crippen molar-refractivity contribution >= 4 is 0 Å². The molecule has 0 aromatic rings. The van der Waals surface area contributed by atoms with Crippen LogP contribution in [0.2, 0.25) is 0 Å². The molecule has 3 nitrogen and oxygen atoms in total. The lowest BCUT2D eigenvalue weighted by atomic mass is 9.88. The Bertz CT molecular complexity index is 201. The van der Waals surface area contributed by atoms with Crippen LogP contribution in [0.15, 0.2) is 0 Å². The molecule has 3 heteroatoms. The fourth-order valence-corrected chi connectivity index (χ4v) is 2.50. The van der Waals surface area contributed by atoms with E-state index in [1.165, 1.54) is 12.8 Å². The normalized spacial score (nSPS) is 37.1. The molecule has 0 saturated carbocycles. The van der Waals surface area contributed by atoms with E-state index in [2.05, 4.69) is 18.7 Å². The van der Waals surface area contributed by atoms with Crippen molar-refractivity contribution in [3.8, 4) is 0 Å². The third-order valence-corrected chi connectivity index (χ3v) is 3.56. The van der Waals surface area contributed by atoms with Gasteiger partial charge in [-0.1, -0.05) is 6.92 Å². The highest BCUT2D eigenvalue weighted by atomic mass is 16.5. The van der Waals surface area contributed by atoms with Gasteiger partial charge in [0.05, 0.1) is 12.2 Å². The second-order valence-corrected chi connectivity index (χ2v) is 5.03. The van der Waals surface area contributed by atoms with Gasteiger partial charge in [-0.15, -0.1) is 0 Å². The molecule has 14 heavy (non-hydrogen) atoms. The molecule has 0 aromatic heterocycles. The molecule has 2 aliphatic rings. The highest BCUT2D eigenvalue weighted by Gasteiger charge is 2.39. The first-order valence-corrected chi connectivity index (χ1v) is 5.78. The molecular formula is C11H22N2O. The first kappa shape index (κ1) is 10.4. The molecule has 82 valence electrons. The van der Waals surface area contributed by atoms with E-state index < -0.39 is 0 Å². The predicted octanol–water partition coefficient (Wildman–Crippen LogP) is 0.977. The van der Waals surface area contributed by atoms with Crippen LogP contribution in [0, 0.1) is 0 Å². The van der Waals surface area contributed by atoms with Gasteiger partial charge >= 0.3 is 0 Å². The molecule has 0 amide bonds. The monoisotopic (exact) mass is 198 g/mol. The summed E-state index contributed by atoms with van der Waals surface area (Å²) in [6, 6.07) is 0. The Kier molecular flexibility index (Phi) is 2.82. The minimum atomic E-state index is 0.101. The highest BCUT2D eigenvalue weighted by molar-refractivity contribution is 4.99. The Morgan fingerprint density at radius 3 is 2.64 bits per heavy atom. The second kappa shape index (κ2) is 3.80. The molecule has 0 aromatic carbocycles. The molecule has 2 aliphatic heterocycles. The third kappa shape index (κ3) is 2.10. The van der Waals surface area contributed by atoms with E-state index >= 15 is 0 Å². The Hall–Kier alpha value is -0.120. The van der Waals surface area contributed by atoms with Gasteiger partial charge in [0.1, 0.15) is 0 Å². The fraction of sp³-hybridized carbons (Fsp3) is 1.00. The zero-order valence-electron chi connectivity index (χ0n) is 9.33. The van der Waals surface area contributed by atoms with Crippen LogP contribution in [0.3, 0.4) is 0 Å². The summed E-state index contributed by atoms with van der Waals surface area (Å²) in [5.74, 6) is 0. The van der Waals surface area contributed by atoms with Gasteiger partial charge in [-0.05, 0) is 26.2 Å². The van der Waals surface area contributed by atoms with Crippen molar-refractivity contribution in [2.45, 2.75) is 50.9 Å². The van der Waals surface area contributed by atoms with Gasteiger partial charge in [0, 0.05) is 25.2 Å². The van der Waals surface area contributed by atoms with Crippen LogP contribution in [-0.2, 0) is 4.74 Å². The molecule has 2 saturated heterocycles. The van der Waals surface area contributed by atoms with Gasteiger partial charge < -0.3 is 10.5 Å². The predicted molar refractivity (Wildman–Crippen MR) is 57.2 cm³/mol. The zero-order chi connectivity index (χ0) is 10.2. The Morgan fingerprint density at radius 1 is 1.43 bits per heavy atom. The molecule has 2 unspecified atom stereocenters. The summed E-state index contributed by atoms with van der Waals surface area (Å²) in [5, 5.41) is 0. The number of likely N-dealkylation sites (tertiary alicyclic amines) is 1. The van der Waals surface area contributed by atoms with E-state index in [0.29, 0.717) is 12.2 Å². The summed E-state index contributed by atoms with van der Waals surface area (Å²) >= 11 is 0. The quantitative estimate of drug-likeness (QED) is 0.734. The topological polar surface area (TPSA) is 38.5 Å². The van der Waals surface area contributed by atoms with E-state index in [0.717, 1.165) is 26.1 Å². The van der Waals surface area contributed by atoms with Crippen molar-refractivity contribution < 1.29 is 4.74 Å². The van der Waals surface area contributed by atoms with Crippen LogP contribution in [0.25, 0.3) is 0 Å². The van der Waals surface area contributed by atoms with E-state index in [9.17, 15) is 0 Å². The Labute approximate surface area is 86.6 Å². The molecule has 0 bridgehead atoms. The fourth-order valence-electron chi connectivity index (χ4n) is 2.50. The van der Waals surface area contributed by atoms with E-state index in [-0.39, 0.29) is 5.54 Å². The maximum absolute atomic E-state index is 6.11. The van der Waals surface area contributed by atoms with E-state index in [1.54, 1.807) is 0 Å². The van der Waals surface area contributed by atoms with Crippen molar-refractivity contribution in [1.29, 1.82) is 0 Å². The second-order valence-electron chi connectivity index (χ2n) is 5.03. The molecule has 2 atom stereocenters. The van der Waals surface area contributed by atoms with Gasteiger partial charge in [-0.25, -0.2) is 0 Å². The number of rotatable bonds is 3. The largest absolute Gasteiger partial charge is 0.374 e. The van der Waals surface area contributed by atoms with Crippen LogP contribution in [-0.4, -0.2) is 42.3 Å². The van der Waals surface area contributed by atoms with E-state index in [4.69, 9.17) is 10.5 Å². The van der Waals surface area contributed by atoms with Gasteiger partial charge in [-0.3, -0.25) is 4.90 Å². The number of hydrogen-bond donors (Lipinski definition) is 1. The lowest BCUT2D eigenvalue weighted by Crippen LogP contribution is -2.67. The summed E-state index contributed by atoms with van der Waals surface area (Å²) in [5.41, 5.74) is 6.21. The summed E-state index contributed by atoms with van der Waals surface area (Å²) in [6.07, 6.45) is 4.47. The van der Waals surface area contributed by atoms with Crippen LogP contribution in [0.4, 0.5) is 0 Å². The number of nitrogens with zero attached hydrogens (tertiary/aromatic N) is 1. The lowest BCUT2D eigenvalue weighted by molar-refractivity contribution is -0.00983. The standard InChI is InChI=1S/C11H22N2O/c1-3-11(12)7-13(8-11)6-10-5-4-9(2)14-10/h9-10H,3-8,12H2,1-2H3. The average molecular weight is 198 g/mol. The summed E-state index contributed by atoms with van der Waals surface area (Å²) in [4.78, 5) is 2.42. The van der Waals surface area contributed by atoms with Crippen molar-refractivity contribution in [2.75, 3.05) is 19.6 Å². The maximum Gasteiger partial charge on any atom is 0.0706 e. The molecule has 0 radical (unpaired) electrons. The smallest absolute Gasteiger partial charge is 0.0706 e. The molecular weight excluding hydrogens is 176 g/mol. The lowest BCUT2D eigenvalue weighted by Gasteiger charge is -2.48. The van der Waals surface area contributed by atoms with Crippen LogP contribution < -0.4 is 5.73 Å². The van der Waals surface area contributed by atoms with Gasteiger partial charge in [0.2, 0.25) is 0 Å². The molecule has 0 spiro atoms. The van der Waals surface area contributed by atoms with Crippen molar-refractivity contribution in [3.05, 3.63) is 0 Å². The first-order valence-electron chi connectivity index (χ1n) is 5.78. The minimum absolute atomic E-state index is 0.101. The highest BCUT2D eigenvalue weighted by Crippen LogP contribution is 2.25. The number of hydrogen-bond acceptors (Lipinski definition) is 3. The van der Waals surface area contributed by atoms with Crippen molar-refractivity contribution in [2.24, 2.45) is 5.73 Å². The maximum atomic E-state index is 6.11. The van der Waals surface area contributed by atoms with Crippen LogP contribution >= 0.6 is 0 Å². The van der Waals surface area contributed by atoms with E-state index in [1.807, 2.05) is 0 Å². The summed E-state index contributed by atoms with van der Waals surface area (Å²) in [6.45, 7) is 7.53. The van der Waals surface area contributed by atoms with Gasteiger partial charge in [0.25, 0.3) is 0 Å². The van der Waals surface area contributed by atoms with Crippen LogP contribution in [0.5, 0.6) is 0 Å². The minimum Gasteiger partial charge on any atom is -0.374 e. The Morgan fingerprint density at radius 2 is 2.14 bits per heavy atom.